The maximum absolute atomic E-state index is 8.86. The highest BCUT2D eigenvalue weighted by Gasteiger charge is 2.36. The molecule has 0 spiro atoms. The van der Waals surface area contributed by atoms with Crippen molar-refractivity contribution < 1.29 is 4.74 Å². The molecule has 0 saturated carbocycles. The van der Waals surface area contributed by atoms with Gasteiger partial charge in [0.25, 0.3) is 0 Å². The molecule has 0 amide bonds. The number of rotatable bonds is 3. The molecule has 1 saturated heterocycles. The Hall–Kier alpha value is -2.17. The predicted molar refractivity (Wildman–Crippen MR) is 76.1 cm³/mol. The summed E-state index contributed by atoms with van der Waals surface area (Å²) in [6, 6.07) is 3.64. The molecule has 1 aliphatic rings. The Labute approximate surface area is 126 Å². The van der Waals surface area contributed by atoms with Gasteiger partial charge in [0, 0.05) is 26.4 Å². The Morgan fingerprint density at radius 2 is 2.33 bits per heavy atom. The predicted octanol–water partition coefficient (Wildman–Crippen LogP) is 1.34. The van der Waals surface area contributed by atoms with Gasteiger partial charge in [-0.3, -0.25) is 0 Å². The number of aromatic nitrogens is 4. The maximum atomic E-state index is 8.86. The number of hydrogen-bond acceptors (Lipinski definition) is 6. The number of halogens is 1. The third-order valence-corrected chi connectivity index (χ3v) is 3.91. The number of aromatic amines is 1. The fraction of sp³-hybridized carbons (Fsp3) is 0.385. The van der Waals surface area contributed by atoms with E-state index in [9.17, 15) is 0 Å². The van der Waals surface area contributed by atoms with Crippen molar-refractivity contribution in [3.05, 3.63) is 34.7 Å². The van der Waals surface area contributed by atoms with E-state index < -0.39 is 0 Å². The maximum Gasteiger partial charge on any atom is 0.147 e. The second kappa shape index (κ2) is 5.68. The molecule has 0 aliphatic carbocycles. The normalized spacial score (nSPS) is 21.5. The number of pyridine rings is 1. The van der Waals surface area contributed by atoms with Gasteiger partial charge in [-0.15, -0.1) is 0 Å². The lowest BCUT2D eigenvalue weighted by molar-refractivity contribution is 0.105. The molecule has 1 N–H and O–H groups in total. The fourth-order valence-corrected chi connectivity index (χ4v) is 2.87. The Kier molecular flexibility index (Phi) is 3.73. The average molecular weight is 305 g/mol. The van der Waals surface area contributed by atoms with Crippen molar-refractivity contribution in [1.29, 1.82) is 5.26 Å². The summed E-state index contributed by atoms with van der Waals surface area (Å²) in [5.41, 5.74) is 1.30. The van der Waals surface area contributed by atoms with Gasteiger partial charge in [-0.25, -0.2) is 4.98 Å². The molecule has 1 fully saturated rings. The van der Waals surface area contributed by atoms with Gasteiger partial charge in [0.2, 0.25) is 0 Å². The molecule has 0 aromatic carbocycles. The van der Waals surface area contributed by atoms with E-state index in [2.05, 4.69) is 20.4 Å². The molecule has 2 aromatic heterocycles. The molecule has 3 heterocycles. The molecule has 0 radical (unpaired) electrons. The SMILES string of the molecule is CO[C@@H]1CN(c2ncc(C#N)cc2Cl)C[C@H]1c1cn[nH]n1. The minimum Gasteiger partial charge on any atom is -0.379 e. The zero-order valence-electron chi connectivity index (χ0n) is 11.3. The second-order valence-electron chi connectivity index (χ2n) is 4.82. The number of methoxy groups -OCH3 is 1. The van der Waals surface area contributed by atoms with Crippen LogP contribution in [0.4, 0.5) is 5.82 Å². The van der Waals surface area contributed by atoms with Crippen LogP contribution in [-0.4, -0.2) is 46.7 Å². The molecule has 8 heteroatoms. The van der Waals surface area contributed by atoms with Gasteiger partial charge in [0.1, 0.15) is 11.9 Å². The zero-order chi connectivity index (χ0) is 14.8. The first-order valence-electron chi connectivity index (χ1n) is 6.42. The fourth-order valence-electron chi connectivity index (χ4n) is 2.58. The van der Waals surface area contributed by atoms with E-state index >= 15 is 0 Å². The van der Waals surface area contributed by atoms with Crippen molar-refractivity contribution in [2.75, 3.05) is 25.1 Å². The van der Waals surface area contributed by atoms with Gasteiger partial charge in [-0.05, 0) is 6.07 Å². The van der Waals surface area contributed by atoms with Gasteiger partial charge >= 0.3 is 0 Å². The summed E-state index contributed by atoms with van der Waals surface area (Å²) in [6.07, 6.45) is 3.21. The smallest absolute Gasteiger partial charge is 0.147 e. The Bertz CT molecular complexity index is 668. The van der Waals surface area contributed by atoms with E-state index in [1.165, 1.54) is 6.20 Å². The van der Waals surface area contributed by atoms with Crippen molar-refractivity contribution in [2.24, 2.45) is 0 Å². The molecular formula is C13H13ClN6O. The van der Waals surface area contributed by atoms with E-state index in [4.69, 9.17) is 21.6 Å². The van der Waals surface area contributed by atoms with Crippen LogP contribution in [0.1, 0.15) is 17.2 Å². The van der Waals surface area contributed by atoms with E-state index in [-0.39, 0.29) is 12.0 Å². The standard InChI is InChI=1S/C13H13ClN6O/c1-21-12-7-20(6-9(12)11-5-17-19-18-11)13-10(14)2-8(3-15)4-16-13/h2,4-5,9,12H,6-7H2,1H3,(H,17,18,19)/t9-,12+/m0/s1. The highest BCUT2D eigenvalue weighted by atomic mass is 35.5. The van der Waals surface area contributed by atoms with Crippen molar-refractivity contribution in [3.8, 4) is 6.07 Å². The quantitative estimate of drug-likeness (QED) is 0.920. The van der Waals surface area contributed by atoms with Gasteiger partial charge in [0.05, 0.1) is 34.5 Å². The first-order valence-corrected chi connectivity index (χ1v) is 6.79. The first kappa shape index (κ1) is 13.8. The number of H-pyrrole nitrogens is 1. The molecule has 108 valence electrons. The number of ether oxygens (including phenoxy) is 1. The minimum atomic E-state index is -0.0105. The lowest BCUT2D eigenvalue weighted by Crippen LogP contribution is -2.23. The summed E-state index contributed by atoms with van der Waals surface area (Å²) in [4.78, 5) is 6.33. The number of nitrogens with one attached hydrogen (secondary N) is 1. The van der Waals surface area contributed by atoms with Crippen LogP contribution in [0.15, 0.2) is 18.5 Å². The van der Waals surface area contributed by atoms with Crippen LogP contribution in [0.2, 0.25) is 5.02 Å². The van der Waals surface area contributed by atoms with Crippen LogP contribution in [-0.2, 0) is 4.74 Å². The summed E-state index contributed by atoms with van der Waals surface area (Å²) in [6.45, 7) is 1.34. The molecule has 0 unspecified atom stereocenters. The molecule has 2 aromatic rings. The van der Waals surface area contributed by atoms with Crippen LogP contribution >= 0.6 is 11.6 Å². The molecule has 21 heavy (non-hydrogen) atoms. The molecule has 2 atom stereocenters. The third kappa shape index (κ3) is 2.55. The minimum absolute atomic E-state index is 0.0105. The highest BCUT2D eigenvalue weighted by molar-refractivity contribution is 6.33. The molecule has 3 rings (SSSR count). The van der Waals surface area contributed by atoms with Crippen LogP contribution < -0.4 is 4.90 Å². The van der Waals surface area contributed by atoms with Crippen molar-refractivity contribution in [1.82, 2.24) is 20.4 Å². The van der Waals surface area contributed by atoms with E-state index in [0.29, 0.717) is 29.5 Å². The lowest BCUT2D eigenvalue weighted by atomic mass is 10.0. The molecule has 1 aliphatic heterocycles. The highest BCUT2D eigenvalue weighted by Crippen LogP contribution is 2.33. The Morgan fingerprint density at radius 1 is 1.48 bits per heavy atom. The van der Waals surface area contributed by atoms with Crippen molar-refractivity contribution >= 4 is 17.4 Å². The van der Waals surface area contributed by atoms with Crippen LogP contribution in [0.5, 0.6) is 0 Å². The molecule has 7 nitrogen and oxygen atoms in total. The third-order valence-electron chi connectivity index (χ3n) is 3.63. The van der Waals surface area contributed by atoms with Gasteiger partial charge in [-0.2, -0.15) is 20.7 Å². The van der Waals surface area contributed by atoms with Crippen molar-refractivity contribution in [3.63, 3.8) is 0 Å². The van der Waals surface area contributed by atoms with Gasteiger partial charge in [0.15, 0.2) is 0 Å². The van der Waals surface area contributed by atoms with Crippen LogP contribution in [0, 0.1) is 11.3 Å². The number of nitriles is 1. The van der Waals surface area contributed by atoms with E-state index in [1.54, 1.807) is 19.4 Å². The number of anilines is 1. The topological polar surface area (TPSA) is 90.7 Å². The first-order chi connectivity index (χ1) is 10.2. The van der Waals surface area contributed by atoms with E-state index in [1.807, 2.05) is 11.0 Å². The number of nitrogens with zero attached hydrogens (tertiary/aromatic N) is 5. The largest absolute Gasteiger partial charge is 0.379 e. The van der Waals surface area contributed by atoms with E-state index in [0.717, 1.165) is 5.69 Å². The summed E-state index contributed by atoms with van der Waals surface area (Å²) >= 11 is 6.22. The van der Waals surface area contributed by atoms with Gasteiger partial charge < -0.3 is 9.64 Å². The molecule has 0 bridgehead atoms. The van der Waals surface area contributed by atoms with Crippen molar-refractivity contribution in [2.45, 2.75) is 12.0 Å². The Morgan fingerprint density at radius 3 is 2.95 bits per heavy atom. The monoisotopic (exact) mass is 304 g/mol. The summed E-state index contributed by atoms with van der Waals surface area (Å²) in [5, 5.41) is 19.9. The number of hydrogen-bond donors (Lipinski definition) is 1. The summed E-state index contributed by atoms with van der Waals surface area (Å²) in [5.74, 6) is 0.756. The average Bonchev–Trinajstić information content (AvgIpc) is 3.15. The second-order valence-corrected chi connectivity index (χ2v) is 5.23. The summed E-state index contributed by atoms with van der Waals surface area (Å²) in [7, 11) is 1.68. The summed E-state index contributed by atoms with van der Waals surface area (Å²) < 4.78 is 5.54. The Balaban J connectivity index is 1.87. The zero-order valence-corrected chi connectivity index (χ0v) is 12.1. The molecular weight excluding hydrogens is 292 g/mol. The van der Waals surface area contributed by atoms with Crippen LogP contribution in [0.25, 0.3) is 0 Å². The lowest BCUT2D eigenvalue weighted by Gasteiger charge is -2.18. The van der Waals surface area contributed by atoms with Gasteiger partial charge in [-0.1, -0.05) is 11.6 Å². The van der Waals surface area contributed by atoms with Crippen LogP contribution in [0.3, 0.4) is 0 Å².